The quantitative estimate of drug-likeness (QED) is 0.577. The fourth-order valence-electron chi connectivity index (χ4n) is 3.55. The third-order valence-corrected chi connectivity index (χ3v) is 5.04. The number of urea groups is 1. The van der Waals surface area contributed by atoms with Gasteiger partial charge in [0.25, 0.3) is 11.8 Å². The first-order valence-electron chi connectivity index (χ1n) is 9.46. The molecule has 0 aromatic heterocycles. The number of halogens is 1. The molecule has 7 nitrogen and oxygen atoms in total. The number of benzene rings is 1. The molecule has 0 unspecified atom stereocenters. The van der Waals surface area contributed by atoms with Crippen LogP contribution in [0.1, 0.15) is 45.1 Å². The Morgan fingerprint density at radius 1 is 1.14 bits per heavy atom. The molecule has 3 rings (SSSR count). The van der Waals surface area contributed by atoms with E-state index in [9.17, 15) is 14.4 Å². The predicted octanol–water partition coefficient (Wildman–Crippen LogP) is 3.54. The van der Waals surface area contributed by atoms with Crippen LogP contribution < -0.4 is 14.8 Å². The number of carbonyl (C=O) groups is 3. The Kier molecular flexibility index (Phi) is 6.24. The molecule has 150 valence electrons. The fourth-order valence-corrected chi connectivity index (χ4v) is 3.82. The van der Waals surface area contributed by atoms with Crippen molar-refractivity contribution in [3.05, 3.63) is 28.3 Å². The van der Waals surface area contributed by atoms with Gasteiger partial charge in [-0.2, -0.15) is 0 Å². The number of rotatable bonds is 6. The van der Waals surface area contributed by atoms with E-state index < -0.39 is 17.8 Å². The molecule has 8 heteroatoms. The van der Waals surface area contributed by atoms with Crippen molar-refractivity contribution in [2.45, 2.75) is 45.6 Å². The molecular formula is C20H23ClN2O5. The van der Waals surface area contributed by atoms with Crippen molar-refractivity contribution in [2.75, 3.05) is 13.2 Å². The zero-order valence-electron chi connectivity index (χ0n) is 15.9. The molecule has 1 aromatic carbocycles. The van der Waals surface area contributed by atoms with E-state index in [0.717, 1.165) is 25.7 Å². The summed E-state index contributed by atoms with van der Waals surface area (Å²) in [4.78, 5) is 38.6. The van der Waals surface area contributed by atoms with Crippen LogP contribution in [-0.2, 0) is 9.59 Å². The Morgan fingerprint density at radius 3 is 2.46 bits per heavy atom. The highest BCUT2D eigenvalue weighted by Gasteiger charge is 2.40. The second-order valence-corrected chi connectivity index (χ2v) is 7.03. The molecule has 1 aliphatic heterocycles. The molecule has 0 spiro atoms. The summed E-state index contributed by atoms with van der Waals surface area (Å²) in [5.41, 5.74) is 0.408. The molecular weight excluding hydrogens is 384 g/mol. The third-order valence-electron chi connectivity index (χ3n) is 4.75. The largest absolute Gasteiger partial charge is 0.490 e. The number of ether oxygens (including phenoxy) is 2. The maximum Gasteiger partial charge on any atom is 0.331 e. The second kappa shape index (κ2) is 8.65. The van der Waals surface area contributed by atoms with E-state index in [4.69, 9.17) is 21.1 Å². The lowest BCUT2D eigenvalue weighted by molar-refractivity contribution is -0.131. The topological polar surface area (TPSA) is 84.9 Å². The van der Waals surface area contributed by atoms with E-state index in [1.165, 1.54) is 11.0 Å². The summed E-state index contributed by atoms with van der Waals surface area (Å²) in [6.07, 6.45) is 4.85. The molecule has 2 fully saturated rings. The predicted molar refractivity (Wildman–Crippen MR) is 104 cm³/mol. The van der Waals surface area contributed by atoms with Crippen molar-refractivity contribution in [1.82, 2.24) is 10.2 Å². The van der Waals surface area contributed by atoms with Gasteiger partial charge in [0.1, 0.15) is 5.57 Å². The lowest BCUT2D eigenvalue weighted by Crippen LogP contribution is -2.57. The monoisotopic (exact) mass is 406 g/mol. The highest BCUT2D eigenvalue weighted by Crippen LogP contribution is 2.37. The fraction of sp³-hybridized carbons (Fsp3) is 0.450. The molecule has 0 radical (unpaired) electrons. The molecule has 1 aliphatic carbocycles. The highest BCUT2D eigenvalue weighted by molar-refractivity contribution is 6.33. The summed E-state index contributed by atoms with van der Waals surface area (Å²) in [6, 6.07) is 2.43. The molecule has 28 heavy (non-hydrogen) atoms. The summed E-state index contributed by atoms with van der Waals surface area (Å²) in [7, 11) is 0. The van der Waals surface area contributed by atoms with Gasteiger partial charge in [-0.15, -0.1) is 0 Å². The highest BCUT2D eigenvalue weighted by atomic mass is 35.5. The lowest BCUT2D eigenvalue weighted by atomic mass is 10.0. The Morgan fingerprint density at radius 2 is 1.82 bits per heavy atom. The zero-order chi connectivity index (χ0) is 20.3. The first-order valence-corrected chi connectivity index (χ1v) is 9.83. The van der Waals surface area contributed by atoms with Gasteiger partial charge in [-0.1, -0.05) is 24.4 Å². The average molecular weight is 407 g/mol. The van der Waals surface area contributed by atoms with Gasteiger partial charge < -0.3 is 9.47 Å². The van der Waals surface area contributed by atoms with Gasteiger partial charge in [0, 0.05) is 6.04 Å². The van der Waals surface area contributed by atoms with E-state index in [0.29, 0.717) is 35.3 Å². The summed E-state index contributed by atoms with van der Waals surface area (Å²) in [6.45, 7) is 4.49. The first-order chi connectivity index (χ1) is 13.5. The molecule has 0 atom stereocenters. The van der Waals surface area contributed by atoms with Crippen LogP contribution >= 0.6 is 11.6 Å². The summed E-state index contributed by atoms with van der Waals surface area (Å²) >= 11 is 6.31. The van der Waals surface area contributed by atoms with Gasteiger partial charge in [0.2, 0.25) is 0 Å². The standard InChI is InChI=1S/C20H23ClN2O5/c1-3-27-16-11-12(10-15(21)17(16)28-4-2)9-14-18(24)22-20(26)23(19(14)25)13-7-5-6-8-13/h9-11,13H,3-8H2,1-2H3,(H,22,24,26)/b14-9+. The molecule has 4 amide bonds. The van der Waals surface area contributed by atoms with Crippen LogP contribution in [0.15, 0.2) is 17.7 Å². The number of hydrogen-bond donors (Lipinski definition) is 1. The zero-order valence-corrected chi connectivity index (χ0v) is 16.7. The Balaban J connectivity index is 1.97. The average Bonchev–Trinajstić information content (AvgIpc) is 3.16. The maximum atomic E-state index is 12.9. The maximum absolute atomic E-state index is 12.9. The third kappa shape index (κ3) is 3.99. The summed E-state index contributed by atoms with van der Waals surface area (Å²) < 4.78 is 11.1. The van der Waals surface area contributed by atoms with Gasteiger partial charge in [0.05, 0.1) is 18.2 Å². The molecule has 1 N–H and O–H groups in total. The number of barbiturate groups is 1. The van der Waals surface area contributed by atoms with Gasteiger partial charge >= 0.3 is 6.03 Å². The molecule has 1 heterocycles. The minimum absolute atomic E-state index is 0.103. The van der Waals surface area contributed by atoms with E-state index in [-0.39, 0.29) is 11.6 Å². The number of nitrogens with one attached hydrogen (secondary N) is 1. The van der Waals surface area contributed by atoms with E-state index in [1.54, 1.807) is 12.1 Å². The van der Waals surface area contributed by atoms with Gasteiger partial charge in [-0.05, 0) is 50.5 Å². The second-order valence-electron chi connectivity index (χ2n) is 6.63. The smallest absolute Gasteiger partial charge is 0.331 e. The van der Waals surface area contributed by atoms with Crippen LogP contribution in [0.25, 0.3) is 6.08 Å². The Bertz CT molecular complexity index is 830. The minimum Gasteiger partial charge on any atom is -0.490 e. The number of amides is 4. The van der Waals surface area contributed by atoms with E-state index in [2.05, 4.69) is 5.32 Å². The molecule has 2 aliphatic rings. The number of carbonyl (C=O) groups excluding carboxylic acids is 3. The van der Waals surface area contributed by atoms with Crippen LogP contribution in [0.5, 0.6) is 11.5 Å². The van der Waals surface area contributed by atoms with Gasteiger partial charge in [-0.3, -0.25) is 19.8 Å². The number of hydrogen-bond acceptors (Lipinski definition) is 5. The number of imide groups is 2. The van der Waals surface area contributed by atoms with Crippen LogP contribution in [0.3, 0.4) is 0 Å². The first kappa shape index (κ1) is 20.2. The van der Waals surface area contributed by atoms with Crippen LogP contribution in [0.4, 0.5) is 4.79 Å². The Hall–Kier alpha value is -2.54. The SMILES string of the molecule is CCOc1cc(/C=C2\C(=O)NC(=O)N(C3CCCC3)C2=O)cc(Cl)c1OCC. The van der Waals surface area contributed by atoms with E-state index in [1.807, 2.05) is 13.8 Å². The van der Waals surface area contributed by atoms with Crippen molar-refractivity contribution >= 4 is 35.5 Å². The molecule has 1 aromatic rings. The summed E-state index contributed by atoms with van der Waals surface area (Å²) in [5, 5.41) is 2.58. The molecule has 1 saturated heterocycles. The van der Waals surface area contributed by atoms with Crippen molar-refractivity contribution in [3.8, 4) is 11.5 Å². The molecule has 0 bridgehead atoms. The van der Waals surface area contributed by atoms with Crippen molar-refractivity contribution < 1.29 is 23.9 Å². The van der Waals surface area contributed by atoms with Crippen molar-refractivity contribution in [2.24, 2.45) is 0 Å². The lowest BCUT2D eigenvalue weighted by Gasteiger charge is -2.31. The van der Waals surface area contributed by atoms with Crippen molar-refractivity contribution in [3.63, 3.8) is 0 Å². The van der Waals surface area contributed by atoms with Crippen LogP contribution in [0, 0.1) is 0 Å². The van der Waals surface area contributed by atoms with Crippen molar-refractivity contribution in [1.29, 1.82) is 0 Å². The minimum atomic E-state index is -0.716. The molecule has 1 saturated carbocycles. The van der Waals surface area contributed by atoms with Crippen LogP contribution in [0.2, 0.25) is 5.02 Å². The normalized spacial score (nSPS) is 19.3. The number of nitrogens with zero attached hydrogens (tertiary/aromatic N) is 1. The summed E-state index contributed by atoms with van der Waals surface area (Å²) in [5.74, 6) is -0.456. The van der Waals surface area contributed by atoms with Gasteiger partial charge in [-0.25, -0.2) is 4.79 Å². The van der Waals surface area contributed by atoms with Gasteiger partial charge in [0.15, 0.2) is 11.5 Å². The Labute approximate surface area is 168 Å². The van der Waals surface area contributed by atoms with Crippen LogP contribution in [-0.4, -0.2) is 42.0 Å². The van der Waals surface area contributed by atoms with E-state index >= 15 is 0 Å².